The summed E-state index contributed by atoms with van der Waals surface area (Å²) in [5.74, 6) is -0.566. The highest BCUT2D eigenvalue weighted by Crippen LogP contribution is 2.19. The summed E-state index contributed by atoms with van der Waals surface area (Å²) < 4.78 is 24.4. The van der Waals surface area contributed by atoms with Crippen LogP contribution in [0.3, 0.4) is 0 Å². The minimum absolute atomic E-state index is 0.0977. The maximum absolute atomic E-state index is 12.2. The lowest BCUT2D eigenvalue weighted by molar-refractivity contribution is -0.115. The summed E-state index contributed by atoms with van der Waals surface area (Å²) in [5, 5.41) is 9.46. The van der Waals surface area contributed by atoms with E-state index in [0.29, 0.717) is 5.69 Å². The molecule has 0 spiro atoms. The van der Waals surface area contributed by atoms with Gasteiger partial charge >= 0.3 is 0 Å². The third-order valence-electron chi connectivity index (χ3n) is 3.68. The van der Waals surface area contributed by atoms with Crippen molar-refractivity contribution in [1.29, 1.82) is 0 Å². The first kappa shape index (κ1) is 16.9. The number of hydrogen-bond donors (Lipinski definition) is 2. The number of amides is 1. The van der Waals surface area contributed by atoms with Gasteiger partial charge in [0, 0.05) is 18.3 Å². The second-order valence-electron chi connectivity index (χ2n) is 5.48. The van der Waals surface area contributed by atoms with Gasteiger partial charge < -0.3 is 5.32 Å². The van der Waals surface area contributed by atoms with Gasteiger partial charge in [0.2, 0.25) is 5.91 Å². The topological polar surface area (TPSA) is 91.9 Å². The van der Waals surface area contributed by atoms with E-state index < -0.39 is 9.84 Å². The highest BCUT2D eigenvalue weighted by Gasteiger charge is 2.16. The Kier molecular flexibility index (Phi) is 4.95. The minimum atomic E-state index is -3.46. The first-order chi connectivity index (χ1) is 12.0. The standard InChI is InChI=1S/C18H17N3O3S/c22-18(11-13-25(23,24)16-4-2-1-3-5-16)20-15-8-6-14(7-9-15)17-10-12-19-21-17/h1-10,12H,11,13H2,(H,19,21)(H,20,22). The fraction of sp³-hybridized carbons (Fsp3) is 0.111. The molecule has 0 fully saturated rings. The lowest BCUT2D eigenvalue weighted by atomic mass is 10.1. The van der Waals surface area contributed by atoms with E-state index in [2.05, 4.69) is 15.5 Å². The van der Waals surface area contributed by atoms with Crippen molar-refractivity contribution in [3.63, 3.8) is 0 Å². The van der Waals surface area contributed by atoms with Crippen molar-refractivity contribution in [2.75, 3.05) is 11.1 Å². The minimum Gasteiger partial charge on any atom is -0.326 e. The molecule has 6 nitrogen and oxygen atoms in total. The Morgan fingerprint density at radius 1 is 1.00 bits per heavy atom. The number of hydrogen-bond acceptors (Lipinski definition) is 4. The predicted octanol–water partition coefficient (Wildman–Crippen LogP) is 2.88. The van der Waals surface area contributed by atoms with E-state index >= 15 is 0 Å². The Labute approximate surface area is 145 Å². The molecule has 0 saturated carbocycles. The van der Waals surface area contributed by atoms with E-state index in [-0.39, 0.29) is 23.0 Å². The number of rotatable bonds is 6. The molecular weight excluding hydrogens is 338 g/mol. The zero-order chi connectivity index (χ0) is 17.7. The summed E-state index contributed by atoms with van der Waals surface area (Å²) in [6, 6.07) is 17.2. The van der Waals surface area contributed by atoms with Crippen molar-refractivity contribution in [3.8, 4) is 11.3 Å². The van der Waals surface area contributed by atoms with Crippen molar-refractivity contribution >= 4 is 21.4 Å². The molecule has 1 heterocycles. The molecule has 2 aromatic carbocycles. The zero-order valence-electron chi connectivity index (χ0n) is 13.3. The van der Waals surface area contributed by atoms with Gasteiger partial charge in [-0.25, -0.2) is 8.42 Å². The summed E-state index contributed by atoms with van der Waals surface area (Å²) >= 11 is 0. The van der Waals surface area contributed by atoms with E-state index in [1.54, 1.807) is 36.5 Å². The molecule has 2 N–H and O–H groups in total. The Morgan fingerprint density at radius 3 is 2.36 bits per heavy atom. The van der Waals surface area contributed by atoms with Gasteiger partial charge in [-0.2, -0.15) is 5.10 Å². The van der Waals surface area contributed by atoms with E-state index in [4.69, 9.17) is 0 Å². The van der Waals surface area contributed by atoms with Gasteiger partial charge in [0.05, 0.1) is 16.3 Å². The van der Waals surface area contributed by atoms with Crippen molar-refractivity contribution in [2.45, 2.75) is 11.3 Å². The summed E-state index contributed by atoms with van der Waals surface area (Å²) in [6.07, 6.45) is 1.57. The third-order valence-corrected chi connectivity index (χ3v) is 5.41. The molecule has 1 amide bonds. The summed E-state index contributed by atoms with van der Waals surface area (Å²) in [4.78, 5) is 12.2. The molecule has 0 atom stereocenters. The van der Waals surface area contributed by atoms with Gasteiger partial charge in [-0.1, -0.05) is 30.3 Å². The van der Waals surface area contributed by atoms with Crippen LogP contribution < -0.4 is 5.32 Å². The van der Waals surface area contributed by atoms with Crippen LogP contribution in [-0.2, 0) is 14.6 Å². The van der Waals surface area contributed by atoms with Crippen LogP contribution in [0.4, 0.5) is 5.69 Å². The number of sulfone groups is 1. The first-order valence-electron chi connectivity index (χ1n) is 7.72. The maximum Gasteiger partial charge on any atom is 0.225 e. The largest absolute Gasteiger partial charge is 0.326 e. The normalized spacial score (nSPS) is 11.2. The molecule has 0 bridgehead atoms. The smallest absolute Gasteiger partial charge is 0.225 e. The summed E-state index contributed by atoms with van der Waals surface area (Å²) in [6.45, 7) is 0. The van der Waals surface area contributed by atoms with Gasteiger partial charge in [0.25, 0.3) is 0 Å². The number of nitrogens with one attached hydrogen (secondary N) is 2. The molecule has 0 aliphatic rings. The van der Waals surface area contributed by atoms with E-state index in [0.717, 1.165) is 11.3 Å². The summed E-state index contributed by atoms with van der Waals surface area (Å²) in [7, 11) is -3.46. The SMILES string of the molecule is O=C(CCS(=O)(=O)c1ccccc1)Nc1ccc(-c2ccn[nH]2)cc1. The number of aromatic nitrogens is 2. The number of carbonyl (C=O) groups is 1. The molecule has 0 saturated heterocycles. The predicted molar refractivity (Wildman–Crippen MR) is 95.8 cm³/mol. The van der Waals surface area contributed by atoms with Crippen molar-refractivity contribution < 1.29 is 13.2 Å². The highest BCUT2D eigenvalue weighted by atomic mass is 32.2. The summed E-state index contributed by atoms with van der Waals surface area (Å²) in [5.41, 5.74) is 2.44. The van der Waals surface area contributed by atoms with E-state index in [1.807, 2.05) is 18.2 Å². The van der Waals surface area contributed by atoms with E-state index in [9.17, 15) is 13.2 Å². The number of H-pyrrole nitrogens is 1. The zero-order valence-corrected chi connectivity index (χ0v) is 14.2. The van der Waals surface area contributed by atoms with Gasteiger partial charge in [0.1, 0.15) is 0 Å². The molecule has 0 aliphatic heterocycles. The quantitative estimate of drug-likeness (QED) is 0.711. The second kappa shape index (κ2) is 7.31. The van der Waals surface area contributed by atoms with Crippen LogP contribution in [0.1, 0.15) is 6.42 Å². The van der Waals surface area contributed by atoms with Gasteiger partial charge in [-0.05, 0) is 35.9 Å². The molecule has 25 heavy (non-hydrogen) atoms. The molecule has 0 aliphatic carbocycles. The lowest BCUT2D eigenvalue weighted by Crippen LogP contribution is -2.17. The fourth-order valence-corrected chi connectivity index (χ4v) is 3.61. The highest BCUT2D eigenvalue weighted by molar-refractivity contribution is 7.91. The van der Waals surface area contributed by atoms with Crippen molar-refractivity contribution in [1.82, 2.24) is 10.2 Å². The van der Waals surface area contributed by atoms with Crippen LogP contribution in [0.5, 0.6) is 0 Å². The average molecular weight is 355 g/mol. The van der Waals surface area contributed by atoms with Gasteiger partial charge in [-0.3, -0.25) is 9.89 Å². The van der Waals surface area contributed by atoms with Crippen LogP contribution in [0.25, 0.3) is 11.3 Å². The van der Waals surface area contributed by atoms with E-state index in [1.165, 1.54) is 12.1 Å². The Balaban J connectivity index is 1.58. The first-order valence-corrected chi connectivity index (χ1v) is 9.37. The molecule has 3 rings (SSSR count). The van der Waals surface area contributed by atoms with Crippen LogP contribution in [0.15, 0.2) is 71.8 Å². The molecule has 0 radical (unpaired) electrons. The Hall–Kier alpha value is -2.93. The second-order valence-corrected chi connectivity index (χ2v) is 7.59. The number of carbonyl (C=O) groups excluding carboxylic acids is 1. The average Bonchev–Trinajstić information content (AvgIpc) is 3.16. The lowest BCUT2D eigenvalue weighted by Gasteiger charge is -2.07. The molecule has 3 aromatic rings. The number of benzene rings is 2. The fourth-order valence-electron chi connectivity index (χ4n) is 2.35. The Bertz CT molecular complexity index is 935. The third kappa shape index (κ3) is 4.33. The van der Waals surface area contributed by atoms with Gasteiger partial charge in [-0.15, -0.1) is 0 Å². The number of aromatic amines is 1. The van der Waals surface area contributed by atoms with Crippen LogP contribution in [0, 0.1) is 0 Å². The maximum atomic E-state index is 12.2. The van der Waals surface area contributed by atoms with Crippen LogP contribution in [-0.4, -0.2) is 30.3 Å². The number of nitrogens with zero attached hydrogens (tertiary/aromatic N) is 1. The molecule has 0 unspecified atom stereocenters. The molecular formula is C18H17N3O3S. The molecule has 128 valence electrons. The van der Waals surface area contributed by atoms with Crippen molar-refractivity contribution in [3.05, 3.63) is 66.9 Å². The van der Waals surface area contributed by atoms with Crippen LogP contribution >= 0.6 is 0 Å². The monoisotopic (exact) mass is 355 g/mol. The Morgan fingerprint density at radius 2 is 1.72 bits per heavy atom. The van der Waals surface area contributed by atoms with Crippen molar-refractivity contribution in [2.24, 2.45) is 0 Å². The number of anilines is 1. The van der Waals surface area contributed by atoms with Gasteiger partial charge in [0.15, 0.2) is 9.84 Å². The molecule has 7 heteroatoms. The van der Waals surface area contributed by atoms with Crippen LogP contribution in [0.2, 0.25) is 0 Å². The molecule has 1 aromatic heterocycles.